The van der Waals surface area contributed by atoms with Crippen molar-refractivity contribution in [3.63, 3.8) is 0 Å². The lowest BCUT2D eigenvalue weighted by Gasteiger charge is -2.04. The molecule has 0 saturated carbocycles. The number of carbonyl (C=O) groups excluding carboxylic acids is 2. The van der Waals surface area contributed by atoms with Gasteiger partial charge in [0.25, 0.3) is 0 Å². The fourth-order valence-corrected chi connectivity index (χ4v) is 4.91. The summed E-state index contributed by atoms with van der Waals surface area (Å²) in [6.45, 7) is 6.82. The summed E-state index contributed by atoms with van der Waals surface area (Å²) >= 11 is 0. The maximum absolute atomic E-state index is 11.9. The molecule has 0 atom stereocenters. The Balaban J connectivity index is 0. The average Bonchev–Trinajstić information content (AvgIpc) is 2.96. The van der Waals surface area contributed by atoms with Gasteiger partial charge in [0.1, 0.15) is 0 Å². The first-order valence-electron chi connectivity index (χ1n) is 19.0. The normalized spacial score (nSPS) is 12.2. The topological polar surface area (TPSA) is 43.4 Å². The standard InChI is InChI=1S/C36H66O3.C2H10Si2/c1-3-5-7-9-11-13-15-17-19-21-23-25-27-29-31-33-35(37)39-36(38)34-32-30-28-26-24-22-20-18-16-14-12-10-8-6-4-2;1-2(3)4/h17-20H,3-16,21-34H2,1-2H3;2H,1,3-4H3. The molecule has 43 heavy (non-hydrogen) atoms. The van der Waals surface area contributed by atoms with Gasteiger partial charge in [-0.2, -0.15) is 0 Å². The van der Waals surface area contributed by atoms with Crippen LogP contribution in [0.15, 0.2) is 24.3 Å². The zero-order chi connectivity index (χ0) is 32.1. The van der Waals surface area contributed by atoms with E-state index in [2.05, 4.69) is 45.1 Å². The highest BCUT2D eigenvalue weighted by Gasteiger charge is 2.09. The number of hydrogen-bond acceptors (Lipinski definition) is 3. The molecule has 254 valence electrons. The molecular formula is C38H76O3Si2. The van der Waals surface area contributed by atoms with Crippen LogP contribution in [0.5, 0.6) is 0 Å². The van der Waals surface area contributed by atoms with Gasteiger partial charge in [-0.3, -0.25) is 9.59 Å². The molecular weight excluding hydrogens is 561 g/mol. The second kappa shape index (κ2) is 39.1. The number of esters is 2. The molecule has 3 nitrogen and oxygen atoms in total. The molecule has 5 heteroatoms. The Kier molecular flexibility index (Phi) is 40.2. The largest absolute Gasteiger partial charge is 0.393 e. The van der Waals surface area contributed by atoms with Gasteiger partial charge in [0.05, 0.1) is 0 Å². The third-order valence-electron chi connectivity index (χ3n) is 7.51. The molecule has 0 rings (SSSR count). The third kappa shape index (κ3) is 45.6. The molecule has 0 fully saturated rings. The molecule has 0 aromatic rings. The van der Waals surface area contributed by atoms with Gasteiger partial charge >= 0.3 is 11.9 Å². The number of allylic oxidation sites excluding steroid dienone is 4. The lowest BCUT2D eigenvalue weighted by molar-refractivity contribution is -0.159. The van der Waals surface area contributed by atoms with Crippen molar-refractivity contribution in [2.45, 2.75) is 206 Å². The minimum Gasteiger partial charge on any atom is -0.393 e. The summed E-state index contributed by atoms with van der Waals surface area (Å²) in [6, 6.07) is 0. The minimum absolute atomic E-state index is 0.342. The second-order valence-electron chi connectivity index (χ2n) is 13.2. The van der Waals surface area contributed by atoms with E-state index in [-0.39, 0.29) is 11.9 Å². The monoisotopic (exact) mass is 637 g/mol. The molecule has 0 aliphatic heterocycles. The van der Waals surface area contributed by atoms with Crippen LogP contribution in [0.1, 0.15) is 201 Å². The van der Waals surface area contributed by atoms with Crippen LogP contribution in [-0.4, -0.2) is 32.4 Å². The van der Waals surface area contributed by atoms with Crippen molar-refractivity contribution >= 4 is 32.4 Å². The van der Waals surface area contributed by atoms with E-state index >= 15 is 0 Å². The molecule has 0 spiro atoms. The summed E-state index contributed by atoms with van der Waals surface area (Å²) in [5.74, 6) is -0.684. The number of rotatable bonds is 30. The van der Waals surface area contributed by atoms with E-state index in [1.54, 1.807) is 0 Å². The highest BCUT2D eigenvalue weighted by molar-refractivity contribution is 6.35. The Labute approximate surface area is 276 Å². The van der Waals surface area contributed by atoms with Crippen LogP contribution in [0.25, 0.3) is 0 Å². The zero-order valence-corrected chi connectivity index (χ0v) is 33.9. The van der Waals surface area contributed by atoms with Gasteiger partial charge in [-0.05, 0) is 64.2 Å². The molecule has 0 amide bonds. The van der Waals surface area contributed by atoms with E-state index in [1.807, 2.05) is 0 Å². The predicted octanol–water partition coefficient (Wildman–Crippen LogP) is 10.6. The number of hydrogen-bond donors (Lipinski definition) is 0. The predicted molar refractivity (Wildman–Crippen MR) is 199 cm³/mol. The SMILES string of the molecule is CC([SiH3])[SiH3].CCCCCCCCC=CCCCCCCCC(=O)OC(=O)CCCCCCCC=CCCCCCCCC. The quantitative estimate of drug-likeness (QED) is 0.0259. The zero-order valence-electron chi connectivity index (χ0n) is 29.9. The third-order valence-corrected chi connectivity index (χ3v) is 7.51. The molecule has 0 aromatic carbocycles. The van der Waals surface area contributed by atoms with Gasteiger partial charge in [0.15, 0.2) is 0 Å². The van der Waals surface area contributed by atoms with Crippen LogP contribution in [0.3, 0.4) is 0 Å². The first-order valence-corrected chi connectivity index (χ1v) is 21.3. The fourth-order valence-electron chi connectivity index (χ4n) is 4.91. The molecule has 0 N–H and O–H groups in total. The number of carbonyl (C=O) groups is 2. The summed E-state index contributed by atoms with van der Waals surface area (Å²) in [7, 11) is 2.82. The van der Waals surface area contributed by atoms with E-state index in [0.717, 1.165) is 43.7 Å². The van der Waals surface area contributed by atoms with Crippen LogP contribution in [0.2, 0.25) is 5.16 Å². The van der Waals surface area contributed by atoms with Crippen LogP contribution >= 0.6 is 0 Å². The Morgan fingerprint density at radius 2 is 0.698 bits per heavy atom. The number of ether oxygens (including phenoxy) is 1. The van der Waals surface area contributed by atoms with Crippen molar-refractivity contribution in [1.29, 1.82) is 0 Å². The minimum atomic E-state index is -0.342. The molecule has 0 bridgehead atoms. The second-order valence-corrected chi connectivity index (χ2v) is 20.2. The van der Waals surface area contributed by atoms with Crippen LogP contribution in [0, 0.1) is 0 Å². The van der Waals surface area contributed by atoms with Gasteiger partial charge in [-0.1, -0.05) is 153 Å². The Morgan fingerprint density at radius 1 is 0.465 bits per heavy atom. The van der Waals surface area contributed by atoms with Crippen molar-refractivity contribution in [3.05, 3.63) is 24.3 Å². The Hall–Kier alpha value is -0.946. The molecule has 0 saturated heterocycles. The molecule has 0 aliphatic carbocycles. The average molecular weight is 637 g/mol. The lowest BCUT2D eigenvalue weighted by Crippen LogP contribution is -2.11. The van der Waals surface area contributed by atoms with Gasteiger partial charge in [0, 0.05) is 33.3 Å². The van der Waals surface area contributed by atoms with E-state index < -0.39 is 0 Å². The summed E-state index contributed by atoms with van der Waals surface area (Å²) in [5.41, 5.74) is 0. The summed E-state index contributed by atoms with van der Waals surface area (Å²) in [5, 5.41) is 1.11. The smallest absolute Gasteiger partial charge is 0.313 e. The van der Waals surface area contributed by atoms with Gasteiger partial charge < -0.3 is 4.74 Å². The van der Waals surface area contributed by atoms with Crippen LogP contribution < -0.4 is 0 Å². The Morgan fingerprint density at radius 3 is 0.977 bits per heavy atom. The fraction of sp³-hybridized carbons (Fsp3) is 0.842. The molecule has 0 radical (unpaired) electrons. The van der Waals surface area contributed by atoms with Crippen molar-refractivity contribution in [3.8, 4) is 0 Å². The molecule has 0 heterocycles. The summed E-state index contributed by atoms with van der Waals surface area (Å²) in [4.78, 5) is 23.8. The maximum Gasteiger partial charge on any atom is 0.313 e. The maximum atomic E-state index is 11.9. The van der Waals surface area contributed by atoms with Crippen molar-refractivity contribution in [2.24, 2.45) is 0 Å². The summed E-state index contributed by atoms with van der Waals surface area (Å²) < 4.78 is 4.99. The van der Waals surface area contributed by atoms with E-state index in [9.17, 15) is 9.59 Å². The van der Waals surface area contributed by atoms with Crippen LogP contribution in [0.4, 0.5) is 0 Å². The molecule has 0 unspecified atom stereocenters. The van der Waals surface area contributed by atoms with E-state index in [0.29, 0.717) is 12.8 Å². The first-order chi connectivity index (χ1) is 20.9. The number of unbranched alkanes of at least 4 members (excludes halogenated alkanes) is 22. The Bertz CT molecular complexity index is 578. The lowest BCUT2D eigenvalue weighted by atomic mass is 10.1. The van der Waals surface area contributed by atoms with Gasteiger partial charge in [-0.25, -0.2) is 0 Å². The highest BCUT2D eigenvalue weighted by atomic mass is 28.2. The van der Waals surface area contributed by atoms with E-state index in [4.69, 9.17) is 4.74 Å². The van der Waals surface area contributed by atoms with Crippen molar-refractivity contribution in [1.82, 2.24) is 0 Å². The molecule has 0 aromatic heterocycles. The first kappa shape index (κ1) is 44.2. The van der Waals surface area contributed by atoms with E-state index in [1.165, 1.54) is 149 Å². The highest BCUT2D eigenvalue weighted by Crippen LogP contribution is 2.12. The van der Waals surface area contributed by atoms with Crippen LogP contribution in [-0.2, 0) is 14.3 Å². The summed E-state index contributed by atoms with van der Waals surface area (Å²) in [6.07, 6.45) is 42.2. The molecule has 0 aliphatic rings. The van der Waals surface area contributed by atoms with Gasteiger partial charge in [0.2, 0.25) is 0 Å². The van der Waals surface area contributed by atoms with Crippen molar-refractivity contribution < 1.29 is 14.3 Å². The van der Waals surface area contributed by atoms with Crippen molar-refractivity contribution in [2.75, 3.05) is 0 Å². The van der Waals surface area contributed by atoms with Gasteiger partial charge in [-0.15, -0.1) is 0 Å².